The number of carbonyl (C=O) groups excluding carboxylic acids is 4. The lowest BCUT2D eigenvalue weighted by Gasteiger charge is -2.27. The third kappa shape index (κ3) is 6.68. The molecule has 4 aliphatic rings. The van der Waals surface area contributed by atoms with Crippen molar-refractivity contribution in [3.05, 3.63) is 124 Å². The van der Waals surface area contributed by atoms with E-state index in [0.29, 0.717) is 17.9 Å². The SMILES string of the molecule is Cc1nnc2n1-c1ccc(-c3cnn(C)c3)cc1C(c1ccc(C#CC(C)(C)Cn3cc(CNc4cccc5c4C(=O)N(C4CCC(=O)NC4=O)C5=O)nn3)cc1)=NC21CC1. The van der Waals surface area contributed by atoms with Crippen LogP contribution in [0.25, 0.3) is 16.8 Å². The highest BCUT2D eigenvalue weighted by Crippen LogP contribution is 2.52. The average Bonchev–Trinajstić information content (AvgIpc) is 3.48. The molecule has 0 radical (unpaired) electrons. The van der Waals surface area contributed by atoms with Crippen LogP contribution in [0.15, 0.2) is 84.2 Å². The lowest BCUT2D eigenvalue weighted by atomic mass is 9.93. The molecular formula is C45H40N12O4. The van der Waals surface area contributed by atoms with Crippen molar-refractivity contribution in [3.63, 3.8) is 0 Å². The van der Waals surface area contributed by atoms with Gasteiger partial charge in [0.2, 0.25) is 11.8 Å². The third-order valence-corrected chi connectivity index (χ3v) is 11.6. The number of amides is 4. The van der Waals surface area contributed by atoms with E-state index in [9.17, 15) is 19.2 Å². The van der Waals surface area contributed by atoms with Crippen molar-refractivity contribution < 1.29 is 19.2 Å². The number of nitrogens with one attached hydrogen (secondary N) is 2. The molecule has 16 heteroatoms. The molecule has 1 atom stereocenters. The second-order valence-electron chi connectivity index (χ2n) is 16.7. The number of imide groups is 2. The molecule has 6 heterocycles. The number of carbonyl (C=O) groups is 4. The first kappa shape index (κ1) is 37.7. The van der Waals surface area contributed by atoms with Gasteiger partial charge in [0.1, 0.15) is 23.1 Å². The zero-order chi connectivity index (χ0) is 42.2. The molecule has 6 aromatic rings. The first-order valence-corrected chi connectivity index (χ1v) is 20.1. The first-order valence-electron chi connectivity index (χ1n) is 20.1. The first-order chi connectivity index (χ1) is 29.4. The Balaban J connectivity index is 0.838. The van der Waals surface area contributed by atoms with Crippen molar-refractivity contribution in [2.75, 3.05) is 5.32 Å². The Hall–Kier alpha value is -7.54. The van der Waals surface area contributed by atoms with E-state index < -0.39 is 40.6 Å². The van der Waals surface area contributed by atoms with Gasteiger partial charge in [-0.25, -0.2) is 0 Å². The minimum atomic E-state index is -1.04. The molecule has 304 valence electrons. The molecular weight excluding hydrogens is 773 g/mol. The van der Waals surface area contributed by atoms with Gasteiger partial charge in [-0.2, -0.15) is 5.10 Å². The number of hydrogen-bond donors (Lipinski definition) is 2. The van der Waals surface area contributed by atoms with E-state index in [1.807, 2.05) is 58.5 Å². The molecule has 1 aliphatic carbocycles. The fourth-order valence-electron chi connectivity index (χ4n) is 8.36. The average molecular weight is 813 g/mol. The number of benzene rings is 3. The van der Waals surface area contributed by atoms with Gasteiger partial charge in [0, 0.05) is 53.0 Å². The Kier molecular flexibility index (Phi) is 8.68. The summed E-state index contributed by atoms with van der Waals surface area (Å²) >= 11 is 0. The molecule has 4 amide bonds. The van der Waals surface area contributed by atoms with Gasteiger partial charge in [-0.15, -0.1) is 15.3 Å². The van der Waals surface area contributed by atoms with Crippen LogP contribution in [0.5, 0.6) is 0 Å². The van der Waals surface area contributed by atoms with Gasteiger partial charge in [0.25, 0.3) is 11.8 Å². The molecule has 1 saturated carbocycles. The number of aliphatic imine (C=N–C) groups is 1. The molecule has 0 bridgehead atoms. The summed E-state index contributed by atoms with van der Waals surface area (Å²) in [5.74, 6) is 6.27. The number of piperidine rings is 1. The Morgan fingerprint density at radius 2 is 1.72 bits per heavy atom. The monoisotopic (exact) mass is 812 g/mol. The van der Waals surface area contributed by atoms with E-state index in [1.54, 1.807) is 27.6 Å². The number of aromatic nitrogens is 8. The van der Waals surface area contributed by atoms with Gasteiger partial charge in [0.05, 0.1) is 48.0 Å². The lowest BCUT2D eigenvalue weighted by molar-refractivity contribution is -0.136. The van der Waals surface area contributed by atoms with Crippen molar-refractivity contribution in [1.82, 2.24) is 49.8 Å². The van der Waals surface area contributed by atoms with Crippen LogP contribution in [-0.4, -0.2) is 79.8 Å². The van der Waals surface area contributed by atoms with Gasteiger partial charge < -0.3 is 5.32 Å². The van der Waals surface area contributed by atoms with Crippen molar-refractivity contribution in [3.8, 4) is 28.7 Å². The Morgan fingerprint density at radius 1 is 0.918 bits per heavy atom. The molecule has 2 N–H and O–H groups in total. The maximum Gasteiger partial charge on any atom is 0.264 e. The molecule has 16 nitrogen and oxygen atoms in total. The molecule has 61 heavy (non-hydrogen) atoms. The van der Waals surface area contributed by atoms with Gasteiger partial charge in [0.15, 0.2) is 5.82 Å². The van der Waals surface area contributed by atoms with Gasteiger partial charge in [-0.3, -0.25) is 48.3 Å². The summed E-state index contributed by atoms with van der Waals surface area (Å²) in [6, 6.07) is 18.6. The van der Waals surface area contributed by atoms with E-state index in [0.717, 1.165) is 68.6 Å². The minimum absolute atomic E-state index is 0.0510. The number of hydrogen-bond acceptors (Lipinski definition) is 11. The van der Waals surface area contributed by atoms with Crippen LogP contribution in [0.2, 0.25) is 0 Å². The number of nitrogens with zero attached hydrogens (tertiary/aromatic N) is 10. The van der Waals surface area contributed by atoms with Crippen LogP contribution >= 0.6 is 0 Å². The molecule has 3 aromatic carbocycles. The third-order valence-electron chi connectivity index (χ3n) is 11.6. The van der Waals surface area contributed by atoms with Crippen LogP contribution in [0.4, 0.5) is 5.69 Å². The van der Waals surface area contributed by atoms with Crippen molar-refractivity contribution in [2.45, 2.75) is 71.1 Å². The summed E-state index contributed by atoms with van der Waals surface area (Å²) < 4.78 is 5.69. The minimum Gasteiger partial charge on any atom is -0.379 e. The van der Waals surface area contributed by atoms with E-state index in [-0.39, 0.29) is 30.5 Å². The summed E-state index contributed by atoms with van der Waals surface area (Å²) in [6.45, 7) is 6.78. The summed E-state index contributed by atoms with van der Waals surface area (Å²) in [5.41, 5.74) is 7.40. The van der Waals surface area contributed by atoms with Gasteiger partial charge in [-0.1, -0.05) is 41.3 Å². The number of anilines is 1. The lowest BCUT2D eigenvalue weighted by Crippen LogP contribution is -2.54. The maximum absolute atomic E-state index is 13.5. The second-order valence-corrected chi connectivity index (χ2v) is 16.7. The normalized spacial score (nSPS) is 17.5. The topological polar surface area (TPSA) is 187 Å². The van der Waals surface area contributed by atoms with Crippen LogP contribution in [-0.2, 0) is 35.3 Å². The van der Waals surface area contributed by atoms with E-state index in [2.05, 4.69) is 83.0 Å². The summed E-state index contributed by atoms with van der Waals surface area (Å²) in [4.78, 5) is 57.3. The number of aryl methyl sites for hydroxylation is 2. The summed E-state index contributed by atoms with van der Waals surface area (Å²) in [5, 5.41) is 27.6. The Bertz CT molecular complexity index is 2940. The fraction of sp³-hybridized carbons (Fsp3) is 0.289. The highest BCUT2D eigenvalue weighted by atomic mass is 16.2. The zero-order valence-electron chi connectivity index (χ0n) is 33.9. The summed E-state index contributed by atoms with van der Waals surface area (Å²) in [7, 11) is 1.91. The van der Waals surface area contributed by atoms with Crippen molar-refractivity contribution >= 4 is 35.0 Å². The number of rotatable bonds is 8. The van der Waals surface area contributed by atoms with Crippen LogP contribution in [0.1, 0.15) is 94.3 Å². The molecule has 3 aromatic heterocycles. The Morgan fingerprint density at radius 3 is 2.48 bits per heavy atom. The molecule has 1 spiro atoms. The standard InChI is InChI=1S/C45H40N12O4/c1-26-50-52-43-45(18-19-45)49-39(33-20-29(12-13-35(33)56(26)43)30-21-47-54(4)23-30)28-10-8-27(9-11-28)16-17-44(2,3)25-55-24-31(51-53-55)22-46-34-7-5-6-32-38(34)42(61)57(41(32)60)36-14-15-37(58)48-40(36)59/h5-13,20-21,23-24,36,46H,14-15,18-19,22,25H2,1-4H3,(H,48,58,59). The van der Waals surface area contributed by atoms with Crippen LogP contribution in [0.3, 0.4) is 0 Å². The van der Waals surface area contributed by atoms with Crippen LogP contribution in [0, 0.1) is 24.2 Å². The van der Waals surface area contributed by atoms with E-state index >= 15 is 0 Å². The molecule has 2 fully saturated rings. The smallest absolute Gasteiger partial charge is 0.264 e. The molecule has 1 saturated heterocycles. The van der Waals surface area contributed by atoms with E-state index in [4.69, 9.17) is 4.99 Å². The van der Waals surface area contributed by atoms with Crippen molar-refractivity contribution in [1.29, 1.82) is 0 Å². The van der Waals surface area contributed by atoms with Gasteiger partial charge >= 0.3 is 0 Å². The molecule has 3 aliphatic heterocycles. The van der Waals surface area contributed by atoms with Crippen LogP contribution < -0.4 is 10.6 Å². The zero-order valence-corrected chi connectivity index (χ0v) is 33.9. The van der Waals surface area contributed by atoms with E-state index in [1.165, 1.54) is 0 Å². The molecule has 1 unspecified atom stereocenters. The van der Waals surface area contributed by atoms with Gasteiger partial charge in [-0.05, 0) is 82.0 Å². The van der Waals surface area contributed by atoms with Crippen molar-refractivity contribution in [2.24, 2.45) is 17.5 Å². The predicted octanol–water partition coefficient (Wildman–Crippen LogP) is 4.50. The largest absolute Gasteiger partial charge is 0.379 e. The second kappa shape index (κ2) is 14.0. The quantitative estimate of drug-likeness (QED) is 0.164. The maximum atomic E-state index is 13.5. The fourth-order valence-corrected chi connectivity index (χ4v) is 8.36. The Labute approximate surface area is 350 Å². The summed E-state index contributed by atoms with van der Waals surface area (Å²) in [6.07, 6.45) is 7.65. The highest BCUT2D eigenvalue weighted by Gasteiger charge is 2.51. The highest BCUT2D eigenvalue weighted by molar-refractivity contribution is 6.25. The predicted molar refractivity (Wildman–Crippen MR) is 222 cm³/mol. The number of fused-ring (bicyclic) bond motifs is 5. The molecule has 10 rings (SSSR count).